The summed E-state index contributed by atoms with van der Waals surface area (Å²) in [5.74, 6) is -0.270. The lowest BCUT2D eigenvalue weighted by Gasteiger charge is -2.34. The number of ketones is 1. The van der Waals surface area contributed by atoms with E-state index in [0.717, 1.165) is 24.3 Å². The summed E-state index contributed by atoms with van der Waals surface area (Å²) in [7, 11) is 0. The SMILES string of the molecule is C=CCO/N=C(/CCC)[C@@H]1C(=O)CC(C)(C)C/C1=N/OCC. The van der Waals surface area contributed by atoms with Gasteiger partial charge in [0.05, 0.1) is 11.4 Å². The largest absolute Gasteiger partial charge is 0.396 e. The van der Waals surface area contributed by atoms with Crippen molar-refractivity contribution in [2.75, 3.05) is 13.2 Å². The van der Waals surface area contributed by atoms with Gasteiger partial charge in [0.2, 0.25) is 0 Å². The number of hydrogen-bond donors (Lipinski definition) is 0. The quantitative estimate of drug-likeness (QED) is 0.297. The number of oxime groups is 2. The van der Waals surface area contributed by atoms with Crippen LogP contribution in [0.15, 0.2) is 23.0 Å². The van der Waals surface area contributed by atoms with Gasteiger partial charge in [0.25, 0.3) is 0 Å². The highest BCUT2D eigenvalue weighted by Crippen LogP contribution is 2.35. The lowest BCUT2D eigenvalue weighted by molar-refractivity contribution is -0.122. The van der Waals surface area contributed by atoms with Gasteiger partial charge in [-0.15, -0.1) is 0 Å². The molecular formula is C17H28N2O3. The maximum absolute atomic E-state index is 12.6. The standard InChI is InChI=1S/C17H28N2O3/c1-6-9-13(18-22-10-7-2)16-14(19-21-8-3)11-17(4,5)12-15(16)20/h7,16H,2,6,8-12H2,1,3-5H3/b18-13-,19-14-/t16-/m0/s1. The number of hydrogen-bond acceptors (Lipinski definition) is 5. The van der Waals surface area contributed by atoms with Gasteiger partial charge in [-0.2, -0.15) is 0 Å². The van der Waals surface area contributed by atoms with Crippen molar-refractivity contribution in [2.45, 2.75) is 53.4 Å². The van der Waals surface area contributed by atoms with Crippen LogP contribution in [0.5, 0.6) is 0 Å². The van der Waals surface area contributed by atoms with Crippen LogP contribution >= 0.6 is 0 Å². The smallest absolute Gasteiger partial charge is 0.148 e. The van der Waals surface area contributed by atoms with Crippen LogP contribution in [0.1, 0.15) is 53.4 Å². The van der Waals surface area contributed by atoms with Crippen molar-refractivity contribution in [2.24, 2.45) is 21.6 Å². The van der Waals surface area contributed by atoms with Crippen LogP contribution in [0.3, 0.4) is 0 Å². The lowest BCUT2D eigenvalue weighted by Crippen LogP contribution is -2.42. The maximum Gasteiger partial charge on any atom is 0.148 e. The molecular weight excluding hydrogens is 280 g/mol. The molecule has 1 rings (SSSR count). The van der Waals surface area contributed by atoms with Crippen LogP contribution in [0, 0.1) is 11.3 Å². The highest BCUT2D eigenvalue weighted by molar-refractivity contribution is 6.23. The minimum Gasteiger partial charge on any atom is -0.396 e. The fourth-order valence-corrected chi connectivity index (χ4v) is 2.70. The maximum atomic E-state index is 12.6. The fraction of sp³-hybridized carbons (Fsp3) is 0.706. The normalized spacial score (nSPS) is 23.5. The Bertz CT molecular complexity index is 453. The van der Waals surface area contributed by atoms with Crippen molar-refractivity contribution < 1.29 is 14.5 Å². The first-order valence-corrected chi connectivity index (χ1v) is 7.96. The minimum absolute atomic E-state index is 0.0944. The summed E-state index contributed by atoms with van der Waals surface area (Å²) in [4.78, 5) is 23.1. The van der Waals surface area contributed by atoms with Gasteiger partial charge in [0, 0.05) is 6.42 Å². The molecule has 22 heavy (non-hydrogen) atoms. The third-order valence-corrected chi connectivity index (χ3v) is 3.49. The van der Waals surface area contributed by atoms with Crippen molar-refractivity contribution >= 4 is 17.2 Å². The highest BCUT2D eigenvalue weighted by atomic mass is 16.6. The van der Waals surface area contributed by atoms with E-state index in [1.54, 1.807) is 6.08 Å². The second-order valence-corrected chi connectivity index (χ2v) is 6.33. The molecule has 0 aliphatic heterocycles. The number of Topliss-reactive ketones (excluding diaryl/α,β-unsaturated/α-hetero) is 1. The van der Waals surface area contributed by atoms with E-state index in [-0.39, 0.29) is 11.2 Å². The molecule has 1 saturated carbocycles. The molecule has 5 nitrogen and oxygen atoms in total. The van der Waals surface area contributed by atoms with Crippen molar-refractivity contribution in [1.82, 2.24) is 0 Å². The summed E-state index contributed by atoms with van der Waals surface area (Å²) >= 11 is 0. The molecule has 0 amide bonds. The Kier molecular flexibility index (Phi) is 7.28. The fourth-order valence-electron chi connectivity index (χ4n) is 2.70. The summed E-state index contributed by atoms with van der Waals surface area (Å²) in [5.41, 5.74) is 1.41. The molecule has 1 atom stereocenters. The van der Waals surface area contributed by atoms with Gasteiger partial charge in [0.1, 0.15) is 24.9 Å². The molecule has 124 valence electrons. The molecule has 0 aromatic rings. The Morgan fingerprint density at radius 2 is 2.09 bits per heavy atom. The van der Waals surface area contributed by atoms with E-state index in [1.807, 2.05) is 6.92 Å². The first-order chi connectivity index (χ1) is 10.4. The van der Waals surface area contributed by atoms with E-state index in [1.165, 1.54) is 0 Å². The molecule has 0 aromatic heterocycles. The third-order valence-electron chi connectivity index (χ3n) is 3.49. The monoisotopic (exact) mass is 308 g/mol. The van der Waals surface area contributed by atoms with Gasteiger partial charge in [-0.05, 0) is 25.2 Å². The van der Waals surface area contributed by atoms with E-state index < -0.39 is 5.92 Å². The summed E-state index contributed by atoms with van der Waals surface area (Å²) in [6.07, 6.45) is 4.49. The average molecular weight is 308 g/mol. The van der Waals surface area contributed by atoms with Crippen molar-refractivity contribution in [3.63, 3.8) is 0 Å². The first kappa shape index (κ1) is 18.4. The van der Waals surface area contributed by atoms with Gasteiger partial charge in [-0.1, -0.05) is 50.2 Å². The van der Waals surface area contributed by atoms with Crippen LogP contribution in [0.25, 0.3) is 0 Å². The van der Waals surface area contributed by atoms with Gasteiger partial charge in [0.15, 0.2) is 0 Å². The second-order valence-electron chi connectivity index (χ2n) is 6.33. The molecule has 0 N–H and O–H groups in total. The molecule has 1 fully saturated rings. The van der Waals surface area contributed by atoms with Crippen LogP contribution in [0.2, 0.25) is 0 Å². The molecule has 0 spiro atoms. The zero-order chi connectivity index (χ0) is 16.6. The predicted octanol–water partition coefficient (Wildman–Crippen LogP) is 3.74. The van der Waals surface area contributed by atoms with Gasteiger partial charge >= 0.3 is 0 Å². The van der Waals surface area contributed by atoms with E-state index in [4.69, 9.17) is 9.68 Å². The number of carbonyl (C=O) groups is 1. The summed E-state index contributed by atoms with van der Waals surface area (Å²) in [5, 5.41) is 8.37. The van der Waals surface area contributed by atoms with Crippen LogP contribution in [-0.2, 0) is 14.5 Å². The van der Waals surface area contributed by atoms with Gasteiger partial charge in [-0.3, -0.25) is 4.79 Å². The Labute approximate surface area is 133 Å². The Morgan fingerprint density at radius 1 is 1.36 bits per heavy atom. The summed E-state index contributed by atoms with van der Waals surface area (Å²) in [6, 6.07) is 0. The molecule has 1 aliphatic rings. The number of rotatable bonds is 8. The van der Waals surface area contributed by atoms with Crippen LogP contribution in [0.4, 0.5) is 0 Å². The van der Waals surface area contributed by atoms with Gasteiger partial charge < -0.3 is 9.68 Å². The highest BCUT2D eigenvalue weighted by Gasteiger charge is 2.41. The first-order valence-electron chi connectivity index (χ1n) is 7.96. The van der Waals surface area contributed by atoms with E-state index >= 15 is 0 Å². The zero-order valence-corrected chi connectivity index (χ0v) is 14.2. The molecule has 0 radical (unpaired) electrons. The summed E-state index contributed by atoms with van der Waals surface area (Å²) < 4.78 is 0. The summed E-state index contributed by atoms with van der Waals surface area (Å²) in [6.45, 7) is 12.5. The van der Waals surface area contributed by atoms with Crippen molar-refractivity contribution in [3.05, 3.63) is 12.7 Å². The molecule has 0 bridgehead atoms. The van der Waals surface area contributed by atoms with Crippen LogP contribution in [-0.4, -0.2) is 30.4 Å². The molecule has 1 aliphatic carbocycles. The van der Waals surface area contributed by atoms with E-state index in [0.29, 0.717) is 26.1 Å². The van der Waals surface area contributed by atoms with Crippen LogP contribution < -0.4 is 0 Å². The molecule has 0 saturated heterocycles. The Morgan fingerprint density at radius 3 is 2.68 bits per heavy atom. The zero-order valence-electron chi connectivity index (χ0n) is 14.2. The van der Waals surface area contributed by atoms with Crippen molar-refractivity contribution in [3.8, 4) is 0 Å². The lowest BCUT2D eigenvalue weighted by atomic mass is 9.69. The third kappa shape index (κ3) is 5.28. The molecule has 0 unspecified atom stereocenters. The van der Waals surface area contributed by atoms with E-state index in [2.05, 4.69) is 37.7 Å². The Balaban J connectivity index is 3.08. The number of carbonyl (C=O) groups excluding carboxylic acids is 1. The van der Waals surface area contributed by atoms with E-state index in [9.17, 15) is 4.79 Å². The second kappa shape index (κ2) is 8.71. The van der Waals surface area contributed by atoms with Gasteiger partial charge in [-0.25, -0.2) is 0 Å². The average Bonchev–Trinajstić information content (AvgIpc) is 2.43. The number of nitrogens with zero attached hydrogens (tertiary/aromatic N) is 2. The molecule has 5 heteroatoms. The topological polar surface area (TPSA) is 60.2 Å². The predicted molar refractivity (Wildman–Crippen MR) is 89.1 cm³/mol. The Hall–Kier alpha value is -1.65. The minimum atomic E-state index is -0.413. The molecule has 0 aromatic carbocycles. The van der Waals surface area contributed by atoms with Crippen molar-refractivity contribution in [1.29, 1.82) is 0 Å². The molecule has 0 heterocycles.